The van der Waals surface area contributed by atoms with Gasteiger partial charge in [-0.25, -0.2) is 0 Å². The second-order valence-corrected chi connectivity index (χ2v) is 4.55. The summed E-state index contributed by atoms with van der Waals surface area (Å²) in [5, 5.41) is 21.2. The van der Waals surface area contributed by atoms with E-state index in [1.807, 2.05) is 24.3 Å². The van der Waals surface area contributed by atoms with Crippen LogP contribution >= 0.6 is 0 Å². The number of benzene rings is 1. The first-order chi connectivity index (χ1) is 8.13. The largest absolute Gasteiger partial charge is 0.396 e. The minimum Gasteiger partial charge on any atom is -0.396 e. The minimum atomic E-state index is -0.0251. The molecule has 1 atom stereocenters. The van der Waals surface area contributed by atoms with Gasteiger partial charge in [-0.3, -0.25) is 0 Å². The Labute approximate surface area is 103 Å². The van der Waals surface area contributed by atoms with Gasteiger partial charge in [-0.05, 0) is 37.5 Å². The maximum Gasteiger partial charge on any atom is 0.0991 e. The van der Waals surface area contributed by atoms with Gasteiger partial charge in [0.25, 0.3) is 0 Å². The molecule has 92 valence electrons. The summed E-state index contributed by atoms with van der Waals surface area (Å²) in [4.78, 5) is 0. The lowest BCUT2D eigenvalue weighted by Crippen LogP contribution is -2.42. The molecule has 0 fully saturated rings. The van der Waals surface area contributed by atoms with E-state index >= 15 is 0 Å². The van der Waals surface area contributed by atoms with Crippen molar-refractivity contribution in [1.82, 2.24) is 5.32 Å². The number of hydrogen-bond donors (Lipinski definition) is 2. The maximum absolute atomic E-state index is 9.02. The van der Waals surface area contributed by atoms with Crippen molar-refractivity contribution in [2.45, 2.75) is 38.8 Å². The molecular weight excluding hydrogens is 212 g/mol. The fourth-order valence-corrected chi connectivity index (χ4v) is 1.65. The SMILES string of the molecule is CCC(C)(CCO)NCc1ccc(C#N)cc1. The average Bonchev–Trinajstić information content (AvgIpc) is 2.37. The summed E-state index contributed by atoms with van der Waals surface area (Å²) in [5.41, 5.74) is 1.81. The maximum atomic E-state index is 9.02. The fourth-order valence-electron chi connectivity index (χ4n) is 1.65. The third-order valence-electron chi connectivity index (χ3n) is 3.25. The number of hydrogen-bond acceptors (Lipinski definition) is 3. The summed E-state index contributed by atoms with van der Waals surface area (Å²) < 4.78 is 0. The molecule has 0 aliphatic rings. The van der Waals surface area contributed by atoms with Crippen LogP contribution < -0.4 is 5.32 Å². The standard InChI is InChI=1S/C14H20N2O/c1-3-14(2,8-9-17)16-11-13-6-4-12(10-15)5-7-13/h4-7,16-17H,3,8-9,11H2,1-2H3. The molecule has 0 aromatic heterocycles. The number of nitrogens with zero attached hydrogens (tertiary/aromatic N) is 1. The molecule has 0 heterocycles. The van der Waals surface area contributed by atoms with Crippen LogP contribution in [0.25, 0.3) is 0 Å². The van der Waals surface area contributed by atoms with Crippen molar-refractivity contribution in [1.29, 1.82) is 5.26 Å². The highest BCUT2D eigenvalue weighted by Crippen LogP contribution is 2.15. The van der Waals surface area contributed by atoms with Crippen LogP contribution in [0.5, 0.6) is 0 Å². The Kier molecular flexibility index (Phi) is 5.14. The van der Waals surface area contributed by atoms with Crippen molar-refractivity contribution in [3.05, 3.63) is 35.4 Å². The van der Waals surface area contributed by atoms with E-state index in [2.05, 4.69) is 25.2 Å². The number of rotatable bonds is 6. The Morgan fingerprint density at radius 1 is 1.35 bits per heavy atom. The Morgan fingerprint density at radius 3 is 2.47 bits per heavy atom. The van der Waals surface area contributed by atoms with Gasteiger partial charge >= 0.3 is 0 Å². The van der Waals surface area contributed by atoms with Gasteiger partial charge in [-0.2, -0.15) is 5.26 Å². The van der Waals surface area contributed by atoms with Crippen LogP contribution in [0.15, 0.2) is 24.3 Å². The monoisotopic (exact) mass is 232 g/mol. The molecule has 1 rings (SSSR count). The van der Waals surface area contributed by atoms with Crippen molar-refractivity contribution in [2.24, 2.45) is 0 Å². The third kappa shape index (κ3) is 4.18. The fraction of sp³-hybridized carbons (Fsp3) is 0.500. The topological polar surface area (TPSA) is 56.0 Å². The molecular formula is C14H20N2O. The number of aliphatic hydroxyl groups is 1. The molecule has 0 aliphatic heterocycles. The minimum absolute atomic E-state index is 0.0251. The molecule has 3 nitrogen and oxygen atoms in total. The Balaban J connectivity index is 2.57. The van der Waals surface area contributed by atoms with Crippen LogP contribution in [0.4, 0.5) is 0 Å². The van der Waals surface area contributed by atoms with Gasteiger partial charge in [0.2, 0.25) is 0 Å². The molecule has 17 heavy (non-hydrogen) atoms. The van der Waals surface area contributed by atoms with Crippen molar-refractivity contribution in [3.63, 3.8) is 0 Å². The number of nitrogens with one attached hydrogen (secondary N) is 1. The summed E-state index contributed by atoms with van der Waals surface area (Å²) in [5.74, 6) is 0. The quantitative estimate of drug-likeness (QED) is 0.790. The molecule has 0 bridgehead atoms. The van der Waals surface area contributed by atoms with E-state index < -0.39 is 0 Å². The molecule has 0 spiro atoms. The Morgan fingerprint density at radius 2 is 2.00 bits per heavy atom. The van der Waals surface area contributed by atoms with Gasteiger partial charge in [0, 0.05) is 18.7 Å². The lowest BCUT2D eigenvalue weighted by atomic mass is 9.94. The van der Waals surface area contributed by atoms with Crippen LogP contribution in [0.2, 0.25) is 0 Å². The highest BCUT2D eigenvalue weighted by Gasteiger charge is 2.19. The highest BCUT2D eigenvalue weighted by molar-refractivity contribution is 5.31. The van der Waals surface area contributed by atoms with Crippen LogP contribution in [0.1, 0.15) is 37.8 Å². The highest BCUT2D eigenvalue weighted by atomic mass is 16.3. The van der Waals surface area contributed by atoms with Gasteiger partial charge in [0.1, 0.15) is 0 Å². The third-order valence-corrected chi connectivity index (χ3v) is 3.25. The molecule has 0 saturated heterocycles. The van der Waals surface area contributed by atoms with E-state index in [4.69, 9.17) is 10.4 Å². The Bertz CT molecular complexity index is 380. The van der Waals surface area contributed by atoms with Crippen molar-refractivity contribution in [2.75, 3.05) is 6.61 Å². The molecule has 1 aromatic carbocycles. The van der Waals surface area contributed by atoms with E-state index in [9.17, 15) is 0 Å². The molecule has 0 aliphatic carbocycles. The molecule has 0 radical (unpaired) electrons. The second kappa shape index (κ2) is 6.39. The first-order valence-electron chi connectivity index (χ1n) is 5.98. The smallest absolute Gasteiger partial charge is 0.0991 e. The molecule has 0 saturated carbocycles. The van der Waals surface area contributed by atoms with E-state index in [1.165, 1.54) is 0 Å². The predicted molar refractivity (Wildman–Crippen MR) is 68.4 cm³/mol. The van der Waals surface area contributed by atoms with Crippen molar-refractivity contribution in [3.8, 4) is 6.07 Å². The average molecular weight is 232 g/mol. The van der Waals surface area contributed by atoms with Gasteiger partial charge in [0.15, 0.2) is 0 Å². The zero-order valence-corrected chi connectivity index (χ0v) is 10.5. The summed E-state index contributed by atoms with van der Waals surface area (Å²) in [6, 6.07) is 9.67. The summed E-state index contributed by atoms with van der Waals surface area (Å²) in [7, 11) is 0. The zero-order chi connectivity index (χ0) is 12.7. The molecule has 0 amide bonds. The Hall–Kier alpha value is -1.37. The molecule has 3 heteroatoms. The summed E-state index contributed by atoms with van der Waals surface area (Å²) >= 11 is 0. The van der Waals surface area contributed by atoms with E-state index in [-0.39, 0.29) is 12.1 Å². The van der Waals surface area contributed by atoms with Crippen LogP contribution in [-0.4, -0.2) is 17.3 Å². The first-order valence-corrected chi connectivity index (χ1v) is 5.98. The van der Waals surface area contributed by atoms with E-state index in [0.717, 1.165) is 24.9 Å². The molecule has 2 N–H and O–H groups in total. The van der Waals surface area contributed by atoms with E-state index in [1.54, 1.807) is 0 Å². The second-order valence-electron chi connectivity index (χ2n) is 4.55. The lowest BCUT2D eigenvalue weighted by molar-refractivity contribution is 0.214. The number of aliphatic hydroxyl groups excluding tert-OH is 1. The van der Waals surface area contributed by atoms with Crippen LogP contribution in [0.3, 0.4) is 0 Å². The van der Waals surface area contributed by atoms with Gasteiger partial charge in [0.05, 0.1) is 11.6 Å². The summed E-state index contributed by atoms with van der Waals surface area (Å²) in [6.07, 6.45) is 1.73. The number of nitriles is 1. The van der Waals surface area contributed by atoms with Crippen LogP contribution in [-0.2, 0) is 6.54 Å². The van der Waals surface area contributed by atoms with Crippen LogP contribution in [0, 0.1) is 11.3 Å². The lowest BCUT2D eigenvalue weighted by Gasteiger charge is -2.29. The van der Waals surface area contributed by atoms with Gasteiger partial charge in [-0.15, -0.1) is 0 Å². The molecule has 1 unspecified atom stereocenters. The molecule has 1 aromatic rings. The van der Waals surface area contributed by atoms with Crippen molar-refractivity contribution >= 4 is 0 Å². The van der Waals surface area contributed by atoms with E-state index in [0.29, 0.717) is 5.56 Å². The normalized spacial score (nSPS) is 14.0. The first kappa shape index (κ1) is 13.7. The van der Waals surface area contributed by atoms with Gasteiger partial charge < -0.3 is 10.4 Å². The predicted octanol–water partition coefficient (Wildman–Crippen LogP) is 2.20. The zero-order valence-electron chi connectivity index (χ0n) is 10.5. The summed E-state index contributed by atoms with van der Waals surface area (Å²) in [6.45, 7) is 5.19. The van der Waals surface area contributed by atoms with Gasteiger partial charge in [-0.1, -0.05) is 19.1 Å². The van der Waals surface area contributed by atoms with Crippen molar-refractivity contribution < 1.29 is 5.11 Å².